The molecule has 10 heteroatoms. The summed E-state index contributed by atoms with van der Waals surface area (Å²) in [6, 6.07) is 1.41. The van der Waals surface area contributed by atoms with E-state index in [9.17, 15) is 9.59 Å². The molecule has 2 aromatic heterocycles. The van der Waals surface area contributed by atoms with Crippen LogP contribution in [0.15, 0.2) is 21.5 Å². The van der Waals surface area contributed by atoms with E-state index >= 15 is 0 Å². The Morgan fingerprint density at radius 2 is 2.03 bits per heavy atom. The Labute approximate surface area is 178 Å². The van der Waals surface area contributed by atoms with Gasteiger partial charge >= 0.3 is 0 Å². The van der Waals surface area contributed by atoms with Crippen LogP contribution in [0.25, 0.3) is 0 Å². The van der Waals surface area contributed by atoms with Gasteiger partial charge in [-0.05, 0) is 12.8 Å². The van der Waals surface area contributed by atoms with Crippen molar-refractivity contribution in [2.75, 3.05) is 38.2 Å². The van der Waals surface area contributed by atoms with Crippen molar-refractivity contribution in [1.82, 2.24) is 15.1 Å². The molecule has 0 unspecified atom stereocenters. The van der Waals surface area contributed by atoms with Gasteiger partial charge in [-0.1, -0.05) is 30.6 Å². The Bertz CT molecular complexity index is 903. The van der Waals surface area contributed by atoms with E-state index in [-0.39, 0.29) is 17.8 Å². The van der Waals surface area contributed by atoms with E-state index in [1.165, 1.54) is 42.9 Å². The third kappa shape index (κ3) is 5.65. The highest BCUT2D eigenvalue weighted by atomic mass is 32.1. The predicted octanol–water partition coefficient (Wildman–Crippen LogP) is 2.39. The second-order valence-corrected chi connectivity index (χ2v) is 8.59. The lowest BCUT2D eigenvalue weighted by Crippen LogP contribution is -2.35. The van der Waals surface area contributed by atoms with E-state index < -0.39 is 5.91 Å². The molecular formula is C20H26N4O5S. The second kappa shape index (κ2) is 10.1. The number of nitrogens with zero attached hydrogens (tertiary/aromatic N) is 3. The van der Waals surface area contributed by atoms with E-state index in [4.69, 9.17) is 13.9 Å². The third-order valence-electron chi connectivity index (χ3n) is 5.34. The van der Waals surface area contributed by atoms with Crippen LogP contribution in [0.4, 0.5) is 5.13 Å². The molecule has 1 amide bonds. The summed E-state index contributed by atoms with van der Waals surface area (Å²) < 4.78 is 16.2. The SMILES string of the molecule is O=C(COc1coc(CN2CCOCC2)cc1=O)Nc1nnc(C2CCCCC2)s1. The second-order valence-electron chi connectivity index (χ2n) is 7.58. The van der Waals surface area contributed by atoms with Crippen LogP contribution in [-0.4, -0.2) is 53.9 Å². The van der Waals surface area contributed by atoms with Crippen LogP contribution in [0.5, 0.6) is 5.75 Å². The van der Waals surface area contributed by atoms with Crippen LogP contribution < -0.4 is 15.5 Å². The van der Waals surface area contributed by atoms with Crippen LogP contribution in [0.1, 0.15) is 48.8 Å². The molecule has 0 radical (unpaired) electrons. The number of carbonyl (C=O) groups excluding carboxylic acids is 1. The maximum Gasteiger partial charge on any atom is 0.264 e. The highest BCUT2D eigenvalue weighted by Crippen LogP contribution is 2.35. The molecule has 0 bridgehead atoms. The molecule has 0 atom stereocenters. The number of rotatable bonds is 7. The van der Waals surface area contributed by atoms with Crippen LogP contribution >= 0.6 is 11.3 Å². The van der Waals surface area contributed by atoms with E-state index in [1.807, 2.05) is 0 Å². The predicted molar refractivity (Wildman–Crippen MR) is 111 cm³/mol. The number of aromatic nitrogens is 2. The average Bonchev–Trinajstić information content (AvgIpc) is 3.23. The lowest BCUT2D eigenvalue weighted by Gasteiger charge is -2.25. The van der Waals surface area contributed by atoms with Crippen LogP contribution in [0.2, 0.25) is 0 Å². The molecule has 2 fully saturated rings. The smallest absolute Gasteiger partial charge is 0.264 e. The molecule has 4 rings (SSSR count). The Kier molecular flexibility index (Phi) is 7.08. The average molecular weight is 435 g/mol. The minimum absolute atomic E-state index is 0.0102. The minimum Gasteiger partial charge on any atom is -0.477 e. The van der Waals surface area contributed by atoms with Crippen molar-refractivity contribution in [1.29, 1.82) is 0 Å². The maximum atomic E-state index is 12.3. The van der Waals surface area contributed by atoms with Gasteiger partial charge in [-0.15, -0.1) is 10.2 Å². The van der Waals surface area contributed by atoms with Gasteiger partial charge in [0, 0.05) is 25.1 Å². The molecule has 0 aromatic carbocycles. The molecular weight excluding hydrogens is 408 g/mol. The lowest BCUT2D eigenvalue weighted by molar-refractivity contribution is -0.118. The molecule has 9 nitrogen and oxygen atoms in total. The highest BCUT2D eigenvalue weighted by molar-refractivity contribution is 7.15. The first-order valence-corrected chi connectivity index (χ1v) is 11.2. The molecule has 2 aromatic rings. The summed E-state index contributed by atoms with van der Waals surface area (Å²) in [5, 5.41) is 12.4. The van der Waals surface area contributed by atoms with E-state index in [1.54, 1.807) is 0 Å². The molecule has 30 heavy (non-hydrogen) atoms. The lowest BCUT2D eigenvalue weighted by atomic mass is 9.90. The number of carbonyl (C=O) groups is 1. The van der Waals surface area contributed by atoms with Crippen molar-refractivity contribution in [3.05, 3.63) is 33.3 Å². The van der Waals surface area contributed by atoms with Gasteiger partial charge in [0.05, 0.1) is 19.8 Å². The van der Waals surface area contributed by atoms with Crippen molar-refractivity contribution in [2.45, 2.75) is 44.6 Å². The molecule has 2 aliphatic rings. The van der Waals surface area contributed by atoms with Crippen molar-refractivity contribution < 1.29 is 18.7 Å². The Balaban J connectivity index is 1.26. The monoisotopic (exact) mass is 434 g/mol. The van der Waals surface area contributed by atoms with Gasteiger partial charge in [-0.25, -0.2) is 0 Å². The fraction of sp³-hybridized carbons (Fsp3) is 0.600. The van der Waals surface area contributed by atoms with Gasteiger partial charge in [0.1, 0.15) is 17.0 Å². The standard InChI is InChI=1S/C20H26N4O5S/c25-16-10-15(11-24-6-8-27-9-7-24)28-12-17(16)29-13-18(26)21-20-23-22-19(30-20)14-4-2-1-3-5-14/h10,12,14H,1-9,11,13H2,(H,21,23,26). The summed E-state index contributed by atoms with van der Waals surface area (Å²) in [6.45, 7) is 3.20. The maximum absolute atomic E-state index is 12.3. The topological polar surface area (TPSA) is 107 Å². The zero-order chi connectivity index (χ0) is 20.8. The number of amides is 1. The first kappa shape index (κ1) is 21.0. The third-order valence-corrected chi connectivity index (χ3v) is 6.34. The highest BCUT2D eigenvalue weighted by Gasteiger charge is 2.20. The first-order valence-electron chi connectivity index (χ1n) is 10.4. The number of morpholine rings is 1. The van der Waals surface area contributed by atoms with Gasteiger partial charge in [-0.2, -0.15) is 0 Å². The molecule has 0 spiro atoms. The fourth-order valence-electron chi connectivity index (χ4n) is 3.70. The first-order chi connectivity index (χ1) is 14.7. The molecule has 1 saturated carbocycles. The van der Waals surface area contributed by atoms with Crippen LogP contribution in [0.3, 0.4) is 0 Å². The summed E-state index contributed by atoms with van der Waals surface area (Å²) in [5.74, 6) is 0.621. The van der Waals surface area contributed by atoms with Crippen molar-refractivity contribution in [3.8, 4) is 5.75 Å². The molecule has 3 heterocycles. The Morgan fingerprint density at radius 1 is 1.23 bits per heavy atom. The zero-order valence-electron chi connectivity index (χ0n) is 16.8. The van der Waals surface area contributed by atoms with Crippen LogP contribution in [0, 0.1) is 0 Å². The van der Waals surface area contributed by atoms with E-state index in [2.05, 4.69) is 20.4 Å². The largest absolute Gasteiger partial charge is 0.477 e. The summed E-state index contributed by atoms with van der Waals surface area (Å²) >= 11 is 1.41. The van der Waals surface area contributed by atoms with Crippen molar-refractivity contribution in [3.63, 3.8) is 0 Å². The molecule has 1 N–H and O–H groups in total. The number of nitrogens with one attached hydrogen (secondary N) is 1. The Morgan fingerprint density at radius 3 is 2.80 bits per heavy atom. The van der Waals surface area contributed by atoms with Gasteiger partial charge in [0.15, 0.2) is 6.61 Å². The van der Waals surface area contributed by atoms with Gasteiger partial charge in [0.2, 0.25) is 16.3 Å². The Hall–Kier alpha value is -2.30. The van der Waals surface area contributed by atoms with Gasteiger partial charge in [-0.3, -0.25) is 19.8 Å². The zero-order valence-corrected chi connectivity index (χ0v) is 17.6. The molecule has 1 aliphatic carbocycles. The summed E-state index contributed by atoms with van der Waals surface area (Å²) in [4.78, 5) is 26.6. The number of anilines is 1. The number of hydrogen-bond donors (Lipinski definition) is 1. The molecule has 1 aliphatic heterocycles. The van der Waals surface area contributed by atoms with Gasteiger partial charge < -0.3 is 13.9 Å². The van der Waals surface area contributed by atoms with E-state index in [0.717, 1.165) is 30.9 Å². The van der Waals surface area contributed by atoms with Crippen LogP contribution in [-0.2, 0) is 16.1 Å². The fourth-order valence-corrected chi connectivity index (χ4v) is 4.63. The quantitative estimate of drug-likeness (QED) is 0.708. The number of ether oxygens (including phenoxy) is 2. The minimum atomic E-state index is -0.391. The number of hydrogen-bond acceptors (Lipinski definition) is 9. The molecule has 162 valence electrons. The normalized spacial score (nSPS) is 18.3. The summed E-state index contributed by atoms with van der Waals surface area (Å²) in [7, 11) is 0. The van der Waals surface area contributed by atoms with E-state index in [0.29, 0.717) is 36.6 Å². The van der Waals surface area contributed by atoms with Gasteiger partial charge in [0.25, 0.3) is 5.91 Å². The van der Waals surface area contributed by atoms with Crippen molar-refractivity contribution in [2.24, 2.45) is 0 Å². The summed E-state index contributed by atoms with van der Waals surface area (Å²) in [6.07, 6.45) is 7.23. The summed E-state index contributed by atoms with van der Waals surface area (Å²) in [5.41, 5.74) is -0.312. The van der Waals surface area contributed by atoms with Crippen molar-refractivity contribution >= 4 is 22.4 Å². The molecule has 1 saturated heterocycles.